The third-order valence-electron chi connectivity index (χ3n) is 3.26. The van der Waals surface area contributed by atoms with Crippen LogP contribution in [0.5, 0.6) is 11.5 Å². The van der Waals surface area contributed by atoms with Crippen molar-refractivity contribution in [2.45, 2.75) is 32.8 Å². The van der Waals surface area contributed by atoms with Crippen molar-refractivity contribution in [3.8, 4) is 11.5 Å². The van der Waals surface area contributed by atoms with Crippen molar-refractivity contribution in [1.82, 2.24) is 4.90 Å². The molecule has 1 aromatic carbocycles. The van der Waals surface area contributed by atoms with E-state index in [1.807, 2.05) is 45.0 Å². The number of amides is 1. The quantitative estimate of drug-likeness (QED) is 0.546. The molecule has 1 aliphatic rings. The first-order valence-corrected chi connectivity index (χ1v) is 9.11. The number of carbonyl (C=O) groups is 1. The molecule has 0 N–H and O–H groups in total. The van der Waals surface area contributed by atoms with Gasteiger partial charge in [-0.2, -0.15) is 0 Å². The molecule has 132 valence electrons. The summed E-state index contributed by atoms with van der Waals surface area (Å²) in [7, 11) is 0. The Morgan fingerprint density at radius 2 is 2.08 bits per heavy atom. The van der Waals surface area contributed by atoms with Gasteiger partial charge in [0, 0.05) is 24.5 Å². The average molecular weight is 398 g/mol. The highest BCUT2D eigenvalue weighted by Gasteiger charge is 2.26. The Balaban J connectivity index is 1.88. The number of ether oxygens (including phenoxy) is 3. The minimum atomic E-state index is -0.477. The first-order chi connectivity index (χ1) is 11.4. The molecule has 0 spiro atoms. The lowest BCUT2D eigenvalue weighted by Crippen LogP contribution is -2.34. The van der Waals surface area contributed by atoms with Crippen LogP contribution in [0.3, 0.4) is 0 Å². The maximum Gasteiger partial charge on any atom is 0.410 e. The van der Waals surface area contributed by atoms with Crippen molar-refractivity contribution in [1.29, 1.82) is 0 Å². The van der Waals surface area contributed by atoms with E-state index in [-0.39, 0.29) is 6.09 Å². The van der Waals surface area contributed by atoms with Crippen LogP contribution in [0, 0.1) is 0 Å². The first-order valence-electron chi connectivity index (χ1n) is 7.99. The largest absolute Gasteiger partial charge is 0.493 e. The molecular formula is C18H24BrNO4. The van der Waals surface area contributed by atoms with E-state index >= 15 is 0 Å². The summed E-state index contributed by atoms with van der Waals surface area (Å²) in [5, 5.41) is 0.780. The summed E-state index contributed by atoms with van der Waals surface area (Å²) in [6.07, 6.45) is 2.23. The number of halogens is 1. The second-order valence-electron chi connectivity index (χ2n) is 6.56. The Kier molecular flexibility index (Phi) is 6.54. The molecule has 2 rings (SSSR count). The van der Waals surface area contributed by atoms with Gasteiger partial charge in [-0.05, 0) is 44.9 Å². The van der Waals surface area contributed by atoms with Gasteiger partial charge in [-0.3, -0.25) is 0 Å². The van der Waals surface area contributed by atoms with E-state index in [2.05, 4.69) is 15.9 Å². The predicted octanol–water partition coefficient (Wildman–Crippen LogP) is 4.36. The van der Waals surface area contributed by atoms with Crippen molar-refractivity contribution in [3.63, 3.8) is 0 Å². The third kappa shape index (κ3) is 6.07. The lowest BCUT2D eigenvalue weighted by Gasteiger charge is -2.23. The molecule has 0 atom stereocenters. The molecule has 1 aliphatic heterocycles. The van der Waals surface area contributed by atoms with Crippen molar-refractivity contribution in [2.24, 2.45) is 0 Å². The topological polar surface area (TPSA) is 48.0 Å². The Bertz CT molecular complexity index is 595. The molecule has 1 aromatic rings. The van der Waals surface area contributed by atoms with Crippen LogP contribution < -0.4 is 9.47 Å². The van der Waals surface area contributed by atoms with Crippen LogP contribution in [0.25, 0.3) is 0 Å². The summed E-state index contributed by atoms with van der Waals surface area (Å²) < 4.78 is 16.6. The van der Waals surface area contributed by atoms with Gasteiger partial charge in [-0.25, -0.2) is 4.79 Å². The van der Waals surface area contributed by atoms with E-state index < -0.39 is 5.60 Å². The van der Waals surface area contributed by atoms with Crippen molar-refractivity contribution in [2.75, 3.05) is 25.0 Å². The molecule has 0 bridgehead atoms. The summed E-state index contributed by atoms with van der Waals surface area (Å²) in [5.41, 5.74) is 0.586. The first kappa shape index (κ1) is 18.6. The lowest BCUT2D eigenvalue weighted by atomic mass is 10.2. The number of likely N-dealkylation sites (tertiary alicyclic amines) is 1. The van der Waals surface area contributed by atoms with Gasteiger partial charge in [-0.1, -0.05) is 22.0 Å². The average Bonchev–Trinajstić information content (AvgIpc) is 2.99. The van der Waals surface area contributed by atoms with Gasteiger partial charge in [0.15, 0.2) is 0 Å². The van der Waals surface area contributed by atoms with E-state index in [1.165, 1.54) is 0 Å². The highest BCUT2D eigenvalue weighted by Crippen LogP contribution is 2.22. The zero-order valence-corrected chi connectivity index (χ0v) is 16.0. The molecule has 0 aromatic heterocycles. The second-order valence-corrected chi connectivity index (χ2v) is 7.35. The fourth-order valence-electron chi connectivity index (χ4n) is 2.21. The molecule has 0 radical (unpaired) electrons. The summed E-state index contributed by atoms with van der Waals surface area (Å²) in [6, 6.07) is 7.50. The Hall–Kier alpha value is -1.69. The van der Waals surface area contributed by atoms with Crippen molar-refractivity contribution < 1.29 is 19.0 Å². The Labute approximate surface area is 151 Å². The fraction of sp³-hybridized carbons (Fsp3) is 0.500. The SMILES string of the molecule is CC(C)(C)OC(=O)N1CC/C(=C\Oc2cccc(OCCBr)c2)C1. The van der Waals surface area contributed by atoms with Gasteiger partial charge in [0.05, 0.1) is 12.9 Å². The van der Waals surface area contributed by atoms with E-state index in [9.17, 15) is 4.79 Å². The smallest absolute Gasteiger partial charge is 0.410 e. The fourth-order valence-corrected chi connectivity index (χ4v) is 2.37. The molecule has 1 heterocycles. The van der Waals surface area contributed by atoms with Gasteiger partial charge >= 0.3 is 6.09 Å². The van der Waals surface area contributed by atoms with Crippen LogP contribution in [-0.4, -0.2) is 41.6 Å². The summed E-state index contributed by atoms with van der Waals surface area (Å²) in [5.74, 6) is 1.48. The molecule has 1 amide bonds. The van der Waals surface area contributed by atoms with Crippen molar-refractivity contribution in [3.05, 3.63) is 36.1 Å². The molecule has 0 saturated carbocycles. The van der Waals surface area contributed by atoms with Gasteiger partial charge in [0.2, 0.25) is 0 Å². The Morgan fingerprint density at radius 1 is 1.33 bits per heavy atom. The van der Waals surface area contributed by atoms with Crippen LogP contribution in [0.2, 0.25) is 0 Å². The van der Waals surface area contributed by atoms with E-state index in [0.717, 1.165) is 23.1 Å². The normalized spacial score (nSPS) is 16.3. The minimum Gasteiger partial charge on any atom is -0.493 e. The zero-order chi connectivity index (χ0) is 17.6. The maximum absolute atomic E-state index is 12.0. The molecule has 6 heteroatoms. The van der Waals surface area contributed by atoms with Crippen LogP contribution in [0.4, 0.5) is 4.79 Å². The van der Waals surface area contributed by atoms with Gasteiger partial charge in [0.25, 0.3) is 0 Å². The summed E-state index contributed by atoms with van der Waals surface area (Å²) >= 11 is 3.33. The molecule has 1 saturated heterocycles. The number of rotatable bonds is 5. The summed E-state index contributed by atoms with van der Waals surface area (Å²) in [4.78, 5) is 13.7. The maximum atomic E-state index is 12.0. The number of hydrogen-bond donors (Lipinski definition) is 0. The van der Waals surface area contributed by atoms with Gasteiger partial charge < -0.3 is 19.1 Å². The van der Waals surface area contributed by atoms with E-state index in [4.69, 9.17) is 14.2 Å². The molecule has 0 unspecified atom stereocenters. The zero-order valence-electron chi connectivity index (χ0n) is 14.4. The molecule has 1 fully saturated rings. The van der Waals surface area contributed by atoms with E-state index in [1.54, 1.807) is 11.2 Å². The monoisotopic (exact) mass is 397 g/mol. The van der Waals surface area contributed by atoms with E-state index in [0.29, 0.717) is 25.4 Å². The lowest BCUT2D eigenvalue weighted by molar-refractivity contribution is 0.0299. The Morgan fingerprint density at radius 3 is 2.79 bits per heavy atom. The highest BCUT2D eigenvalue weighted by molar-refractivity contribution is 9.09. The number of benzene rings is 1. The molecular weight excluding hydrogens is 374 g/mol. The molecule has 24 heavy (non-hydrogen) atoms. The van der Waals surface area contributed by atoms with Crippen LogP contribution in [-0.2, 0) is 4.74 Å². The minimum absolute atomic E-state index is 0.281. The standard InChI is InChI=1S/C18H24BrNO4/c1-18(2,3)24-17(21)20-9-7-14(12-20)13-23-16-6-4-5-15(11-16)22-10-8-19/h4-6,11,13H,7-10,12H2,1-3H3/b14-13+. The number of alkyl halides is 1. The highest BCUT2D eigenvalue weighted by atomic mass is 79.9. The van der Waals surface area contributed by atoms with Crippen LogP contribution >= 0.6 is 15.9 Å². The molecule has 0 aliphatic carbocycles. The number of nitrogens with zero attached hydrogens (tertiary/aromatic N) is 1. The summed E-state index contributed by atoms with van der Waals surface area (Å²) in [6.45, 7) is 7.39. The third-order valence-corrected chi connectivity index (χ3v) is 3.59. The van der Waals surface area contributed by atoms with Crippen LogP contribution in [0.1, 0.15) is 27.2 Å². The number of hydrogen-bond acceptors (Lipinski definition) is 4. The predicted molar refractivity (Wildman–Crippen MR) is 96.9 cm³/mol. The van der Waals surface area contributed by atoms with Gasteiger partial charge in [0.1, 0.15) is 17.1 Å². The second kappa shape index (κ2) is 8.42. The van der Waals surface area contributed by atoms with Gasteiger partial charge in [-0.15, -0.1) is 0 Å². The number of carbonyl (C=O) groups excluding carboxylic acids is 1. The molecule has 5 nitrogen and oxygen atoms in total. The van der Waals surface area contributed by atoms with Crippen LogP contribution in [0.15, 0.2) is 36.1 Å². The van der Waals surface area contributed by atoms with Crippen molar-refractivity contribution >= 4 is 22.0 Å².